The molecule has 1 nitrogen and oxygen atoms in total. The first kappa shape index (κ1) is 16.8. The van der Waals surface area contributed by atoms with Gasteiger partial charge >= 0.3 is 0 Å². The maximum absolute atomic E-state index is 14.0. The standard InChI is InChI=1S/C16H15F4NS/c1-21(2)22-16-11(9-8-10-6-4-3-5-7-10)12(17)13(18)14(19)15(16)20/h3-7H,8-9H2,1-2H3. The van der Waals surface area contributed by atoms with E-state index in [1.54, 1.807) is 14.1 Å². The summed E-state index contributed by atoms with van der Waals surface area (Å²) in [7, 11) is 3.23. The van der Waals surface area contributed by atoms with E-state index in [-0.39, 0.29) is 16.9 Å². The van der Waals surface area contributed by atoms with Gasteiger partial charge < -0.3 is 0 Å². The van der Waals surface area contributed by atoms with Gasteiger partial charge in [-0.15, -0.1) is 0 Å². The topological polar surface area (TPSA) is 3.24 Å². The second kappa shape index (κ2) is 7.15. The van der Waals surface area contributed by atoms with Gasteiger partial charge in [0.15, 0.2) is 23.3 Å². The lowest BCUT2D eigenvalue weighted by Crippen LogP contribution is -2.10. The Bertz CT molecular complexity index is 659. The molecule has 0 saturated heterocycles. The van der Waals surface area contributed by atoms with Crippen LogP contribution in [0.4, 0.5) is 17.6 Å². The Balaban J connectivity index is 2.39. The summed E-state index contributed by atoms with van der Waals surface area (Å²) in [5, 5.41) is 0. The largest absolute Gasteiger partial charge is 0.252 e. The van der Waals surface area contributed by atoms with Crippen molar-refractivity contribution in [3.05, 3.63) is 64.7 Å². The van der Waals surface area contributed by atoms with Crippen LogP contribution in [-0.2, 0) is 12.8 Å². The summed E-state index contributed by atoms with van der Waals surface area (Å²) in [6.07, 6.45) is 0.489. The van der Waals surface area contributed by atoms with E-state index in [2.05, 4.69) is 0 Å². The average molecular weight is 329 g/mol. The molecule has 0 fully saturated rings. The molecule has 0 aliphatic carbocycles. The van der Waals surface area contributed by atoms with Crippen LogP contribution in [0.25, 0.3) is 0 Å². The van der Waals surface area contributed by atoms with Gasteiger partial charge in [0, 0.05) is 5.56 Å². The highest BCUT2D eigenvalue weighted by atomic mass is 32.2. The van der Waals surface area contributed by atoms with Gasteiger partial charge in [0.05, 0.1) is 4.90 Å². The molecule has 0 heterocycles. The molecule has 0 amide bonds. The predicted molar refractivity (Wildman–Crippen MR) is 79.7 cm³/mol. The third-order valence-electron chi connectivity index (χ3n) is 3.10. The van der Waals surface area contributed by atoms with E-state index in [0.29, 0.717) is 6.42 Å². The van der Waals surface area contributed by atoms with E-state index >= 15 is 0 Å². The highest BCUT2D eigenvalue weighted by molar-refractivity contribution is 7.97. The van der Waals surface area contributed by atoms with Crippen LogP contribution < -0.4 is 0 Å². The van der Waals surface area contributed by atoms with E-state index in [1.165, 1.54) is 4.31 Å². The molecule has 0 bridgehead atoms. The molecule has 2 aromatic carbocycles. The van der Waals surface area contributed by atoms with Crippen molar-refractivity contribution in [2.75, 3.05) is 14.1 Å². The normalized spacial score (nSPS) is 11.2. The molecule has 118 valence electrons. The SMILES string of the molecule is CN(C)Sc1c(F)c(F)c(F)c(F)c1CCc1ccccc1. The summed E-state index contributed by atoms with van der Waals surface area (Å²) < 4.78 is 56.4. The molecule has 22 heavy (non-hydrogen) atoms. The molecule has 0 N–H and O–H groups in total. The van der Waals surface area contributed by atoms with Crippen molar-refractivity contribution in [3.8, 4) is 0 Å². The minimum atomic E-state index is -1.77. The van der Waals surface area contributed by atoms with Crippen LogP contribution >= 0.6 is 11.9 Å². The second-order valence-corrected chi connectivity index (χ2v) is 6.27. The van der Waals surface area contributed by atoms with Crippen molar-refractivity contribution < 1.29 is 17.6 Å². The van der Waals surface area contributed by atoms with E-state index in [4.69, 9.17) is 0 Å². The van der Waals surface area contributed by atoms with Gasteiger partial charge in [-0.05, 0) is 44.4 Å². The molecule has 0 aliphatic heterocycles. The van der Waals surface area contributed by atoms with Gasteiger partial charge in [-0.3, -0.25) is 4.31 Å². The molecule has 0 radical (unpaired) electrons. The van der Waals surface area contributed by atoms with Crippen LogP contribution in [-0.4, -0.2) is 18.4 Å². The van der Waals surface area contributed by atoms with Crippen molar-refractivity contribution >= 4 is 11.9 Å². The molecule has 0 saturated carbocycles. The number of aryl methyl sites for hydroxylation is 1. The molecule has 0 aliphatic rings. The van der Waals surface area contributed by atoms with Gasteiger partial charge in [0.1, 0.15) is 0 Å². The highest BCUT2D eigenvalue weighted by Crippen LogP contribution is 2.33. The fourth-order valence-corrected chi connectivity index (χ4v) is 2.91. The summed E-state index contributed by atoms with van der Waals surface area (Å²) in [5.74, 6) is -6.20. The van der Waals surface area contributed by atoms with E-state index in [9.17, 15) is 17.6 Å². The van der Waals surface area contributed by atoms with Crippen molar-refractivity contribution in [2.45, 2.75) is 17.7 Å². The molecular weight excluding hydrogens is 314 g/mol. The first-order valence-electron chi connectivity index (χ1n) is 6.65. The molecule has 0 spiro atoms. The quantitative estimate of drug-likeness (QED) is 0.341. The lowest BCUT2D eigenvalue weighted by Gasteiger charge is -2.16. The van der Waals surface area contributed by atoms with Crippen LogP contribution in [0.1, 0.15) is 11.1 Å². The van der Waals surface area contributed by atoms with Crippen LogP contribution in [0, 0.1) is 23.3 Å². The third kappa shape index (κ3) is 3.62. The Labute approximate surface area is 131 Å². The van der Waals surface area contributed by atoms with E-state index in [0.717, 1.165) is 17.5 Å². The zero-order valence-electron chi connectivity index (χ0n) is 12.2. The zero-order valence-corrected chi connectivity index (χ0v) is 13.0. The Hall–Kier alpha value is -1.53. The molecule has 0 unspecified atom stereocenters. The van der Waals surface area contributed by atoms with Crippen molar-refractivity contribution in [1.82, 2.24) is 4.31 Å². The summed E-state index contributed by atoms with van der Waals surface area (Å²) in [6, 6.07) is 9.18. The van der Waals surface area contributed by atoms with Crippen molar-refractivity contribution in [3.63, 3.8) is 0 Å². The Morgan fingerprint density at radius 2 is 1.41 bits per heavy atom. The molecule has 2 aromatic rings. The Morgan fingerprint density at radius 1 is 0.818 bits per heavy atom. The number of nitrogens with zero attached hydrogens (tertiary/aromatic N) is 1. The smallest absolute Gasteiger partial charge is 0.198 e. The fourth-order valence-electron chi connectivity index (χ4n) is 2.07. The van der Waals surface area contributed by atoms with Gasteiger partial charge in [-0.25, -0.2) is 17.6 Å². The van der Waals surface area contributed by atoms with Gasteiger partial charge in [-0.2, -0.15) is 0 Å². The number of hydrogen-bond acceptors (Lipinski definition) is 2. The summed E-state index contributed by atoms with van der Waals surface area (Å²) in [5.41, 5.74) is 0.770. The van der Waals surface area contributed by atoms with Crippen LogP contribution in [0.15, 0.2) is 35.2 Å². The molecule has 0 aromatic heterocycles. The number of rotatable bonds is 5. The van der Waals surface area contributed by atoms with Gasteiger partial charge in [0.25, 0.3) is 0 Å². The maximum atomic E-state index is 14.0. The maximum Gasteiger partial charge on any atom is 0.198 e. The van der Waals surface area contributed by atoms with Crippen molar-refractivity contribution in [2.24, 2.45) is 0 Å². The number of halogens is 4. The lowest BCUT2D eigenvalue weighted by atomic mass is 10.0. The zero-order chi connectivity index (χ0) is 16.3. The molecule has 2 rings (SSSR count). The Morgan fingerprint density at radius 3 is 2.00 bits per heavy atom. The molecule has 0 atom stereocenters. The predicted octanol–water partition coefficient (Wildman–Crippen LogP) is 4.60. The van der Waals surface area contributed by atoms with E-state index in [1.807, 2.05) is 30.3 Å². The minimum absolute atomic E-state index is 0.0835. The second-order valence-electron chi connectivity index (χ2n) is 4.95. The fraction of sp³-hybridized carbons (Fsp3) is 0.250. The van der Waals surface area contributed by atoms with Gasteiger partial charge in [-0.1, -0.05) is 30.3 Å². The number of benzene rings is 2. The Kier molecular flexibility index (Phi) is 5.47. The minimum Gasteiger partial charge on any atom is -0.252 e. The molecule has 6 heteroatoms. The first-order valence-corrected chi connectivity index (χ1v) is 7.43. The van der Waals surface area contributed by atoms with E-state index < -0.39 is 23.3 Å². The summed E-state index contributed by atoms with van der Waals surface area (Å²) >= 11 is 0.836. The highest BCUT2D eigenvalue weighted by Gasteiger charge is 2.25. The van der Waals surface area contributed by atoms with Crippen LogP contribution in [0.2, 0.25) is 0 Å². The lowest BCUT2D eigenvalue weighted by molar-refractivity contribution is 0.391. The first-order chi connectivity index (χ1) is 10.4. The number of hydrogen-bond donors (Lipinski definition) is 0. The monoisotopic (exact) mass is 329 g/mol. The summed E-state index contributed by atoms with van der Waals surface area (Å²) in [6.45, 7) is 0. The third-order valence-corrected chi connectivity index (χ3v) is 4.07. The van der Waals surface area contributed by atoms with Crippen LogP contribution in [0.5, 0.6) is 0 Å². The van der Waals surface area contributed by atoms with Gasteiger partial charge in [0.2, 0.25) is 0 Å². The van der Waals surface area contributed by atoms with Crippen LogP contribution in [0.3, 0.4) is 0 Å². The summed E-state index contributed by atoms with van der Waals surface area (Å²) in [4.78, 5) is -0.211. The molecular formula is C16H15F4NS. The van der Waals surface area contributed by atoms with Crippen molar-refractivity contribution in [1.29, 1.82) is 0 Å². The average Bonchev–Trinajstić information content (AvgIpc) is 2.51.